The van der Waals surface area contributed by atoms with E-state index in [2.05, 4.69) is 15.1 Å². The number of carbonyl (C=O) groups is 1. The maximum Gasteiger partial charge on any atom is 0.285 e. The fourth-order valence-corrected chi connectivity index (χ4v) is 4.52. The van der Waals surface area contributed by atoms with E-state index >= 15 is 0 Å². The van der Waals surface area contributed by atoms with Crippen molar-refractivity contribution in [1.29, 1.82) is 0 Å². The monoisotopic (exact) mass is 461 g/mol. The number of hydrogen-bond acceptors (Lipinski definition) is 10. The fraction of sp³-hybridized carbons (Fsp3) is 0.450. The first kappa shape index (κ1) is 22.3. The molecule has 0 bridgehead atoms. The van der Waals surface area contributed by atoms with Gasteiger partial charge in [-0.3, -0.25) is 9.59 Å². The number of pyridine rings is 1. The van der Waals surface area contributed by atoms with Gasteiger partial charge in [-0.25, -0.2) is 4.98 Å². The molecule has 1 aliphatic heterocycles. The first-order valence-electron chi connectivity index (χ1n) is 10.2. The number of fused-ring (bicyclic) bond motifs is 1. The lowest BCUT2D eigenvalue weighted by Gasteiger charge is -2.33. The lowest BCUT2D eigenvalue weighted by Crippen LogP contribution is -2.36. The molecule has 0 aliphatic carbocycles. The number of rotatable bonds is 7. The van der Waals surface area contributed by atoms with Gasteiger partial charge in [-0.15, -0.1) is 0 Å². The van der Waals surface area contributed by atoms with Crippen molar-refractivity contribution in [2.75, 3.05) is 31.3 Å². The minimum absolute atomic E-state index is 0.138. The average Bonchev–Trinajstić information content (AvgIpc) is 3.30. The Bertz CT molecular complexity index is 1140. The van der Waals surface area contributed by atoms with Crippen LogP contribution in [0.25, 0.3) is 10.8 Å². The Morgan fingerprint density at radius 2 is 2.09 bits per heavy atom. The van der Waals surface area contributed by atoms with Gasteiger partial charge in [0.15, 0.2) is 14.8 Å². The number of anilines is 1. The summed E-state index contributed by atoms with van der Waals surface area (Å²) in [5.74, 6) is 1.01. The van der Waals surface area contributed by atoms with Crippen molar-refractivity contribution in [3.63, 3.8) is 0 Å². The molecule has 4 heterocycles. The van der Waals surface area contributed by atoms with Crippen LogP contribution in [0.2, 0.25) is 0 Å². The van der Waals surface area contributed by atoms with E-state index in [4.69, 9.17) is 9.15 Å². The fourth-order valence-electron chi connectivity index (χ4n) is 3.92. The first-order chi connectivity index (χ1) is 15.5. The van der Waals surface area contributed by atoms with E-state index in [1.54, 1.807) is 6.07 Å². The molecule has 0 saturated carbocycles. The molecule has 3 aromatic heterocycles. The van der Waals surface area contributed by atoms with E-state index < -0.39 is 19.8 Å². The predicted molar refractivity (Wildman–Crippen MR) is 117 cm³/mol. The summed E-state index contributed by atoms with van der Waals surface area (Å²) < 4.78 is 11.3. The molecular weight excluding hydrogens is 437 g/mol. The van der Waals surface area contributed by atoms with Crippen molar-refractivity contribution in [2.45, 2.75) is 25.7 Å². The van der Waals surface area contributed by atoms with Crippen LogP contribution < -0.4 is 15.2 Å². The third kappa shape index (κ3) is 4.79. The molecule has 1 fully saturated rings. The van der Waals surface area contributed by atoms with Crippen molar-refractivity contribution in [2.24, 2.45) is 5.92 Å². The standard InChI is InChI=1S/C20H24N5O6P/c1-30-16-8-14-10-22-25(17(26)9-15-11-21-12-31-15)20(27)18(14)19(23-16)24-5-2-13(3-6-24)4-7-32(28)29/h8,10-13,28-29H,2-7,9H2,1H3. The highest BCUT2D eigenvalue weighted by Gasteiger charge is 2.25. The number of carbonyl (C=O) groups excluding carboxylic acids is 1. The van der Waals surface area contributed by atoms with Crippen molar-refractivity contribution < 1.29 is 23.7 Å². The third-order valence-corrected chi connectivity index (χ3v) is 6.29. The highest BCUT2D eigenvalue weighted by atomic mass is 31.2. The summed E-state index contributed by atoms with van der Waals surface area (Å²) in [7, 11) is -0.374. The van der Waals surface area contributed by atoms with E-state index in [0.29, 0.717) is 53.4 Å². The summed E-state index contributed by atoms with van der Waals surface area (Å²) in [5.41, 5.74) is -0.550. The molecule has 170 valence electrons. The van der Waals surface area contributed by atoms with Crippen LogP contribution in [-0.2, 0) is 6.42 Å². The third-order valence-electron chi connectivity index (χ3n) is 5.63. The zero-order valence-corrected chi connectivity index (χ0v) is 18.4. The normalized spacial score (nSPS) is 14.9. The quantitative estimate of drug-likeness (QED) is 0.498. The Kier molecular flexibility index (Phi) is 6.78. The van der Waals surface area contributed by atoms with Crippen LogP contribution in [-0.4, -0.2) is 61.8 Å². The van der Waals surface area contributed by atoms with Crippen LogP contribution in [0.15, 0.2) is 34.1 Å². The average molecular weight is 461 g/mol. The molecule has 0 aromatic carbocycles. The van der Waals surface area contributed by atoms with Gasteiger partial charge in [0, 0.05) is 30.7 Å². The second-order valence-corrected chi connectivity index (χ2v) is 8.86. The molecule has 0 amide bonds. The number of nitrogens with zero attached hydrogens (tertiary/aromatic N) is 5. The maximum absolute atomic E-state index is 13.3. The summed E-state index contributed by atoms with van der Waals surface area (Å²) in [6.45, 7) is 1.31. The molecule has 32 heavy (non-hydrogen) atoms. The topological polar surface area (TPSA) is 144 Å². The molecule has 0 radical (unpaired) electrons. The van der Waals surface area contributed by atoms with Crippen molar-refractivity contribution >= 4 is 30.9 Å². The van der Waals surface area contributed by atoms with Crippen LogP contribution >= 0.6 is 8.38 Å². The van der Waals surface area contributed by atoms with Gasteiger partial charge < -0.3 is 23.8 Å². The van der Waals surface area contributed by atoms with Crippen LogP contribution in [0.5, 0.6) is 5.88 Å². The minimum Gasteiger partial charge on any atom is -0.481 e. The number of aromatic nitrogens is 4. The van der Waals surface area contributed by atoms with Gasteiger partial charge in [-0.05, 0) is 25.2 Å². The van der Waals surface area contributed by atoms with Crippen molar-refractivity contribution in [3.8, 4) is 5.88 Å². The molecule has 3 aromatic rings. The van der Waals surface area contributed by atoms with Gasteiger partial charge in [-0.2, -0.15) is 14.8 Å². The summed E-state index contributed by atoms with van der Waals surface area (Å²) in [4.78, 5) is 54.6. The summed E-state index contributed by atoms with van der Waals surface area (Å²) >= 11 is 0. The van der Waals surface area contributed by atoms with E-state index in [9.17, 15) is 19.4 Å². The molecular formula is C20H24N5O6P. The first-order valence-corrected chi connectivity index (χ1v) is 11.7. The molecule has 0 unspecified atom stereocenters. The van der Waals surface area contributed by atoms with Gasteiger partial charge in [0.2, 0.25) is 5.88 Å². The zero-order chi connectivity index (χ0) is 22.7. The SMILES string of the molecule is COc1cc2cnn(C(=O)Cc3cnco3)c(=O)c2c(N2CCC(CCP(O)O)CC2)n1. The predicted octanol–water partition coefficient (Wildman–Crippen LogP) is 1.57. The summed E-state index contributed by atoms with van der Waals surface area (Å²) in [5, 5.41) is 4.89. The summed E-state index contributed by atoms with van der Waals surface area (Å²) in [6.07, 6.45) is 6.81. The minimum atomic E-state index is -1.88. The molecule has 0 spiro atoms. The lowest BCUT2D eigenvalue weighted by atomic mass is 9.94. The molecule has 0 atom stereocenters. The van der Waals surface area contributed by atoms with Crippen LogP contribution in [0.4, 0.5) is 5.82 Å². The van der Waals surface area contributed by atoms with Crippen LogP contribution in [0, 0.1) is 5.92 Å². The lowest BCUT2D eigenvalue weighted by molar-refractivity contribution is 0.0886. The van der Waals surface area contributed by atoms with Gasteiger partial charge in [0.05, 0.1) is 31.3 Å². The molecule has 11 nitrogen and oxygen atoms in total. The van der Waals surface area contributed by atoms with E-state index in [-0.39, 0.29) is 6.42 Å². The van der Waals surface area contributed by atoms with Gasteiger partial charge >= 0.3 is 0 Å². The van der Waals surface area contributed by atoms with E-state index in [1.165, 1.54) is 25.9 Å². The van der Waals surface area contributed by atoms with Crippen molar-refractivity contribution in [1.82, 2.24) is 19.7 Å². The summed E-state index contributed by atoms with van der Waals surface area (Å²) in [6, 6.07) is 1.62. The van der Waals surface area contributed by atoms with E-state index in [1.807, 2.05) is 4.90 Å². The van der Waals surface area contributed by atoms with Crippen molar-refractivity contribution in [3.05, 3.63) is 41.0 Å². The van der Waals surface area contributed by atoms with E-state index in [0.717, 1.165) is 23.9 Å². The molecule has 4 rings (SSSR count). The second kappa shape index (κ2) is 9.72. The number of hydrogen-bond donors (Lipinski definition) is 2. The molecule has 2 N–H and O–H groups in total. The highest BCUT2D eigenvalue weighted by molar-refractivity contribution is 7.45. The highest BCUT2D eigenvalue weighted by Crippen LogP contribution is 2.33. The molecule has 1 saturated heterocycles. The molecule has 1 aliphatic rings. The number of piperidine rings is 1. The zero-order valence-electron chi connectivity index (χ0n) is 17.5. The van der Waals surface area contributed by atoms with Gasteiger partial charge in [0.1, 0.15) is 11.6 Å². The number of oxazole rings is 1. The largest absolute Gasteiger partial charge is 0.481 e. The Balaban J connectivity index is 1.65. The smallest absolute Gasteiger partial charge is 0.285 e. The van der Waals surface area contributed by atoms with Gasteiger partial charge in [-0.1, -0.05) is 0 Å². The Labute approximate surface area is 184 Å². The van der Waals surface area contributed by atoms with Gasteiger partial charge in [0.25, 0.3) is 11.5 Å². The number of methoxy groups -OCH3 is 1. The van der Waals surface area contributed by atoms with Crippen LogP contribution in [0.3, 0.4) is 0 Å². The Hall–Kier alpha value is -2.88. The van der Waals surface area contributed by atoms with Crippen LogP contribution in [0.1, 0.15) is 29.8 Å². The second-order valence-electron chi connectivity index (χ2n) is 7.67. The number of ether oxygens (including phenoxy) is 1. The Morgan fingerprint density at radius 3 is 2.75 bits per heavy atom. The Morgan fingerprint density at radius 1 is 1.31 bits per heavy atom. The maximum atomic E-state index is 13.3. The molecule has 12 heteroatoms.